The summed E-state index contributed by atoms with van der Waals surface area (Å²) in [6.07, 6.45) is 0.296. The first-order chi connectivity index (χ1) is 6.99. The Morgan fingerprint density at radius 2 is 1.93 bits per heavy atom. The zero-order valence-electron chi connectivity index (χ0n) is 10.2. The van der Waals surface area contributed by atoms with Gasteiger partial charge in [0.15, 0.2) is 5.79 Å². The molecule has 1 heterocycles. The van der Waals surface area contributed by atoms with Crippen molar-refractivity contribution in [3.63, 3.8) is 0 Å². The van der Waals surface area contributed by atoms with E-state index < -0.39 is 5.79 Å². The molecule has 1 fully saturated rings. The van der Waals surface area contributed by atoms with Crippen LogP contribution in [0, 0.1) is 0 Å². The van der Waals surface area contributed by atoms with Gasteiger partial charge in [-0.1, -0.05) is 0 Å². The quantitative estimate of drug-likeness (QED) is 0.701. The molecule has 1 aliphatic rings. The van der Waals surface area contributed by atoms with Gasteiger partial charge in [0.1, 0.15) is 0 Å². The molecule has 1 aliphatic heterocycles. The number of hydrogen-bond acceptors (Lipinski definition) is 4. The monoisotopic (exact) mass is 217 g/mol. The Labute approximate surface area is 92.3 Å². The molecular formula is C11H23NO3. The third-order valence-electron chi connectivity index (χ3n) is 2.25. The maximum Gasteiger partial charge on any atom is 0.162 e. The van der Waals surface area contributed by atoms with Gasteiger partial charge in [0.25, 0.3) is 0 Å². The summed E-state index contributed by atoms with van der Waals surface area (Å²) >= 11 is 0. The first-order valence-electron chi connectivity index (χ1n) is 5.62. The summed E-state index contributed by atoms with van der Waals surface area (Å²) in [5.41, 5.74) is 0. The molecule has 4 nitrogen and oxygen atoms in total. The molecule has 0 aromatic rings. The molecule has 0 atom stereocenters. The van der Waals surface area contributed by atoms with Crippen LogP contribution in [0.15, 0.2) is 0 Å². The molecule has 0 radical (unpaired) electrons. The van der Waals surface area contributed by atoms with Gasteiger partial charge in [-0.25, -0.2) is 0 Å². The SMILES string of the molecule is CC(C)OCCNC1COC(C)(C)OC1. The second kappa shape index (κ2) is 5.80. The largest absolute Gasteiger partial charge is 0.377 e. The molecule has 1 N–H and O–H groups in total. The third kappa shape index (κ3) is 5.47. The minimum absolute atomic E-state index is 0.286. The lowest BCUT2D eigenvalue weighted by Gasteiger charge is -2.35. The van der Waals surface area contributed by atoms with Crippen LogP contribution >= 0.6 is 0 Å². The van der Waals surface area contributed by atoms with E-state index in [-0.39, 0.29) is 6.04 Å². The standard InChI is InChI=1S/C11H23NO3/c1-9(2)13-6-5-12-10-7-14-11(3,4)15-8-10/h9-10,12H,5-8H2,1-4H3. The molecule has 0 aromatic carbocycles. The topological polar surface area (TPSA) is 39.7 Å². The molecule has 0 unspecified atom stereocenters. The van der Waals surface area contributed by atoms with Crippen LogP contribution in [0.4, 0.5) is 0 Å². The van der Waals surface area contributed by atoms with Crippen LogP contribution in [-0.4, -0.2) is 44.3 Å². The van der Waals surface area contributed by atoms with Crippen LogP contribution < -0.4 is 5.32 Å². The molecule has 4 heteroatoms. The van der Waals surface area contributed by atoms with Gasteiger partial charge in [-0.2, -0.15) is 0 Å². The van der Waals surface area contributed by atoms with E-state index in [1.54, 1.807) is 0 Å². The Kier molecular flexibility index (Phi) is 4.99. The zero-order chi connectivity index (χ0) is 11.3. The second-order valence-corrected chi connectivity index (χ2v) is 4.59. The lowest BCUT2D eigenvalue weighted by atomic mass is 10.2. The van der Waals surface area contributed by atoms with Crippen LogP contribution in [0.3, 0.4) is 0 Å². The van der Waals surface area contributed by atoms with Gasteiger partial charge in [-0.15, -0.1) is 0 Å². The van der Waals surface area contributed by atoms with Crippen LogP contribution in [0.2, 0.25) is 0 Å². The van der Waals surface area contributed by atoms with Gasteiger partial charge in [0, 0.05) is 6.54 Å². The van der Waals surface area contributed by atoms with Crippen molar-refractivity contribution in [2.45, 2.75) is 45.6 Å². The Balaban J connectivity index is 2.04. The van der Waals surface area contributed by atoms with E-state index in [0.29, 0.717) is 19.3 Å². The van der Waals surface area contributed by atoms with Crippen LogP contribution in [0.1, 0.15) is 27.7 Å². The van der Waals surface area contributed by atoms with Crippen LogP contribution in [0.5, 0.6) is 0 Å². The van der Waals surface area contributed by atoms with E-state index in [2.05, 4.69) is 5.32 Å². The van der Waals surface area contributed by atoms with Crippen LogP contribution in [0.25, 0.3) is 0 Å². The Hall–Kier alpha value is -0.160. The molecular weight excluding hydrogens is 194 g/mol. The van der Waals surface area contributed by atoms with Crippen molar-refractivity contribution in [3.05, 3.63) is 0 Å². The molecule has 0 saturated carbocycles. The number of nitrogens with one attached hydrogen (secondary N) is 1. The molecule has 15 heavy (non-hydrogen) atoms. The van der Waals surface area contributed by atoms with Crippen LogP contribution in [-0.2, 0) is 14.2 Å². The maximum atomic E-state index is 5.53. The van der Waals surface area contributed by atoms with E-state index >= 15 is 0 Å². The predicted octanol–water partition coefficient (Wildman–Crippen LogP) is 1.15. The van der Waals surface area contributed by atoms with E-state index in [0.717, 1.165) is 13.2 Å². The molecule has 0 amide bonds. The van der Waals surface area contributed by atoms with Crippen molar-refractivity contribution in [1.82, 2.24) is 5.32 Å². The Bertz CT molecular complexity index is 173. The van der Waals surface area contributed by atoms with E-state index in [1.807, 2.05) is 27.7 Å². The number of ether oxygens (including phenoxy) is 3. The van der Waals surface area contributed by atoms with Gasteiger partial charge in [-0.3, -0.25) is 0 Å². The van der Waals surface area contributed by atoms with E-state index in [4.69, 9.17) is 14.2 Å². The molecule has 0 bridgehead atoms. The summed E-state index contributed by atoms with van der Waals surface area (Å²) in [6.45, 7) is 10.9. The molecule has 90 valence electrons. The average molecular weight is 217 g/mol. The molecule has 0 aromatic heterocycles. The van der Waals surface area contributed by atoms with Gasteiger partial charge in [0.2, 0.25) is 0 Å². The normalized spacial score (nSPS) is 22.2. The van der Waals surface area contributed by atoms with Gasteiger partial charge in [0.05, 0.1) is 32.0 Å². The summed E-state index contributed by atoms with van der Waals surface area (Å²) in [4.78, 5) is 0. The van der Waals surface area contributed by atoms with Crippen molar-refractivity contribution in [3.8, 4) is 0 Å². The number of rotatable bonds is 5. The highest BCUT2D eigenvalue weighted by Gasteiger charge is 2.27. The Morgan fingerprint density at radius 1 is 1.33 bits per heavy atom. The molecule has 1 rings (SSSR count). The molecule has 0 spiro atoms. The molecule has 0 aliphatic carbocycles. The van der Waals surface area contributed by atoms with Crippen molar-refractivity contribution >= 4 is 0 Å². The summed E-state index contributed by atoms with van der Waals surface area (Å²) in [7, 11) is 0. The highest BCUT2D eigenvalue weighted by molar-refractivity contribution is 4.72. The smallest absolute Gasteiger partial charge is 0.162 e. The van der Waals surface area contributed by atoms with Gasteiger partial charge < -0.3 is 19.5 Å². The van der Waals surface area contributed by atoms with Gasteiger partial charge in [-0.05, 0) is 27.7 Å². The maximum absolute atomic E-state index is 5.53. The first-order valence-corrected chi connectivity index (χ1v) is 5.62. The minimum atomic E-state index is -0.424. The summed E-state index contributed by atoms with van der Waals surface area (Å²) in [6, 6.07) is 0.286. The lowest BCUT2D eigenvalue weighted by molar-refractivity contribution is -0.253. The summed E-state index contributed by atoms with van der Waals surface area (Å²) < 4.78 is 16.5. The van der Waals surface area contributed by atoms with Gasteiger partial charge >= 0.3 is 0 Å². The average Bonchev–Trinajstić information content (AvgIpc) is 2.14. The predicted molar refractivity (Wildman–Crippen MR) is 58.9 cm³/mol. The van der Waals surface area contributed by atoms with Crippen molar-refractivity contribution in [1.29, 1.82) is 0 Å². The van der Waals surface area contributed by atoms with E-state index in [1.165, 1.54) is 0 Å². The minimum Gasteiger partial charge on any atom is -0.377 e. The Morgan fingerprint density at radius 3 is 2.47 bits per heavy atom. The highest BCUT2D eigenvalue weighted by Crippen LogP contribution is 2.16. The fourth-order valence-electron chi connectivity index (χ4n) is 1.37. The van der Waals surface area contributed by atoms with E-state index in [9.17, 15) is 0 Å². The fourth-order valence-corrected chi connectivity index (χ4v) is 1.37. The van der Waals surface area contributed by atoms with Crippen molar-refractivity contribution < 1.29 is 14.2 Å². The molecule has 1 saturated heterocycles. The number of hydrogen-bond donors (Lipinski definition) is 1. The summed E-state index contributed by atoms with van der Waals surface area (Å²) in [5.74, 6) is -0.424. The second-order valence-electron chi connectivity index (χ2n) is 4.59. The first kappa shape index (κ1) is 12.9. The van der Waals surface area contributed by atoms with Crippen molar-refractivity contribution in [2.24, 2.45) is 0 Å². The zero-order valence-corrected chi connectivity index (χ0v) is 10.2. The summed E-state index contributed by atoms with van der Waals surface area (Å²) in [5, 5.41) is 3.34. The highest BCUT2D eigenvalue weighted by atomic mass is 16.7. The lowest BCUT2D eigenvalue weighted by Crippen LogP contribution is -2.49. The van der Waals surface area contributed by atoms with Crippen molar-refractivity contribution in [2.75, 3.05) is 26.4 Å². The fraction of sp³-hybridized carbons (Fsp3) is 1.00. The third-order valence-corrected chi connectivity index (χ3v) is 2.25.